The first kappa shape index (κ1) is 22.5. The van der Waals surface area contributed by atoms with E-state index in [0.29, 0.717) is 5.58 Å². The maximum Gasteiger partial charge on any atom is 0.272 e. The fourth-order valence-corrected chi connectivity index (χ4v) is 5.09. The predicted octanol–water partition coefficient (Wildman–Crippen LogP) is 4.55. The van der Waals surface area contributed by atoms with Crippen LogP contribution in [0.3, 0.4) is 0 Å². The molecule has 3 N–H and O–H groups in total. The van der Waals surface area contributed by atoms with Crippen molar-refractivity contribution in [2.24, 2.45) is 0 Å². The smallest absolute Gasteiger partial charge is 0.272 e. The van der Waals surface area contributed by atoms with Crippen LogP contribution in [0.4, 0.5) is 18.9 Å². The van der Waals surface area contributed by atoms with E-state index in [-0.39, 0.29) is 26.9 Å². The van der Waals surface area contributed by atoms with E-state index >= 15 is 8.78 Å². The van der Waals surface area contributed by atoms with E-state index in [4.69, 9.17) is 4.42 Å². The minimum absolute atomic E-state index is 0.0937. The summed E-state index contributed by atoms with van der Waals surface area (Å²) >= 11 is 0. The number of aromatic amines is 1. The molecule has 2 aromatic heterocycles. The van der Waals surface area contributed by atoms with E-state index in [2.05, 4.69) is 20.2 Å². The molecule has 3 aromatic carbocycles. The molecule has 5 rings (SSSR count). The van der Waals surface area contributed by atoms with Crippen molar-refractivity contribution >= 4 is 43.5 Å². The second-order valence-electron chi connectivity index (χ2n) is 7.48. The van der Waals surface area contributed by atoms with Gasteiger partial charge in [-0.2, -0.15) is 5.10 Å². The van der Waals surface area contributed by atoms with Crippen LogP contribution in [0.25, 0.3) is 33.0 Å². The molecule has 0 radical (unpaired) electrons. The highest BCUT2D eigenvalue weighted by Crippen LogP contribution is 2.36. The molecule has 0 fully saturated rings. The zero-order valence-electron chi connectivity index (χ0n) is 17.8. The lowest BCUT2D eigenvalue weighted by Crippen LogP contribution is -2.18. The van der Waals surface area contributed by atoms with E-state index in [1.807, 2.05) is 0 Å². The first-order valence-electron chi connectivity index (χ1n) is 10.1. The number of anilines is 1. The van der Waals surface area contributed by atoms with Gasteiger partial charge in [-0.05, 0) is 36.4 Å². The van der Waals surface area contributed by atoms with Gasteiger partial charge in [0.25, 0.3) is 15.9 Å². The summed E-state index contributed by atoms with van der Waals surface area (Å²) in [4.78, 5) is 11.7. The Bertz CT molecular complexity index is 1740. The van der Waals surface area contributed by atoms with Crippen LogP contribution in [0.15, 0.2) is 64.1 Å². The van der Waals surface area contributed by atoms with E-state index in [1.54, 1.807) is 6.07 Å². The van der Waals surface area contributed by atoms with Crippen molar-refractivity contribution in [3.63, 3.8) is 0 Å². The Kier molecular flexibility index (Phi) is 5.24. The monoisotopic (exact) mass is 500 g/mol. The van der Waals surface area contributed by atoms with Crippen molar-refractivity contribution in [2.45, 2.75) is 4.90 Å². The molecule has 0 aliphatic heterocycles. The SMILES string of the molecule is CNC(=O)c1n[nH]c2c(F)c(-c3c(F)ccc(NS(=O)(=O)c4cccc5occc45)c3F)ccc12. The van der Waals surface area contributed by atoms with Crippen molar-refractivity contribution in [2.75, 3.05) is 11.8 Å². The standard InChI is InChI=1S/C23H15F3N4O4S/c1-27-23(31)22-13-6-5-12(19(25)21(13)28-29-22)18-14(24)7-8-15(20(18)26)30-35(32,33)17-4-2-3-16-11(17)9-10-34-16/h2-10,30H,1H3,(H,27,31)(H,28,29). The summed E-state index contributed by atoms with van der Waals surface area (Å²) < 4.78 is 78.7. The summed E-state index contributed by atoms with van der Waals surface area (Å²) in [5, 5.41) is 8.86. The molecule has 178 valence electrons. The number of benzene rings is 3. The fraction of sp³-hybridized carbons (Fsp3) is 0.0435. The molecular formula is C23H15F3N4O4S. The fourth-order valence-electron chi connectivity index (χ4n) is 3.82. The van der Waals surface area contributed by atoms with Gasteiger partial charge in [0.2, 0.25) is 0 Å². The van der Waals surface area contributed by atoms with Gasteiger partial charge in [-0.3, -0.25) is 14.6 Å². The number of hydrogen-bond acceptors (Lipinski definition) is 5. The van der Waals surface area contributed by atoms with Crippen molar-refractivity contribution in [3.8, 4) is 11.1 Å². The summed E-state index contributed by atoms with van der Waals surface area (Å²) in [7, 11) is -2.95. The first-order valence-corrected chi connectivity index (χ1v) is 11.6. The Morgan fingerprint density at radius 3 is 2.57 bits per heavy atom. The number of fused-ring (bicyclic) bond motifs is 2. The Morgan fingerprint density at radius 1 is 1.00 bits per heavy atom. The number of nitrogens with zero attached hydrogens (tertiary/aromatic N) is 1. The third-order valence-electron chi connectivity index (χ3n) is 5.47. The van der Waals surface area contributed by atoms with E-state index in [1.165, 1.54) is 37.6 Å². The van der Waals surface area contributed by atoms with Crippen LogP contribution in [-0.4, -0.2) is 31.6 Å². The summed E-state index contributed by atoms with van der Waals surface area (Å²) in [6.07, 6.45) is 1.31. The molecule has 8 nitrogen and oxygen atoms in total. The van der Waals surface area contributed by atoms with Crippen LogP contribution in [-0.2, 0) is 10.0 Å². The van der Waals surface area contributed by atoms with Gasteiger partial charge >= 0.3 is 0 Å². The molecule has 0 aliphatic carbocycles. The third kappa shape index (κ3) is 3.58. The number of halogens is 3. The molecule has 2 heterocycles. The van der Waals surface area contributed by atoms with Gasteiger partial charge in [-0.25, -0.2) is 21.6 Å². The zero-order valence-corrected chi connectivity index (χ0v) is 18.6. The van der Waals surface area contributed by atoms with E-state index < -0.39 is 50.2 Å². The lowest BCUT2D eigenvalue weighted by atomic mass is 10.0. The van der Waals surface area contributed by atoms with Gasteiger partial charge in [0.1, 0.15) is 16.9 Å². The Labute approximate surface area is 195 Å². The molecular weight excluding hydrogens is 485 g/mol. The molecule has 35 heavy (non-hydrogen) atoms. The van der Waals surface area contributed by atoms with Gasteiger partial charge in [0, 0.05) is 23.4 Å². The largest absolute Gasteiger partial charge is 0.464 e. The number of sulfonamides is 1. The molecule has 0 spiro atoms. The van der Waals surface area contributed by atoms with Crippen LogP contribution >= 0.6 is 0 Å². The Balaban J connectivity index is 1.61. The number of carbonyl (C=O) groups excluding carboxylic acids is 1. The average molecular weight is 500 g/mol. The minimum atomic E-state index is -4.32. The van der Waals surface area contributed by atoms with Crippen molar-refractivity contribution in [3.05, 3.63) is 77.9 Å². The number of hydrogen-bond donors (Lipinski definition) is 3. The second-order valence-corrected chi connectivity index (χ2v) is 9.13. The molecule has 0 unspecified atom stereocenters. The number of rotatable bonds is 5. The maximum absolute atomic E-state index is 15.4. The van der Waals surface area contributed by atoms with Crippen LogP contribution in [0.5, 0.6) is 0 Å². The maximum atomic E-state index is 15.4. The van der Waals surface area contributed by atoms with Gasteiger partial charge in [0.05, 0.1) is 22.4 Å². The van der Waals surface area contributed by atoms with E-state index in [9.17, 15) is 17.6 Å². The summed E-state index contributed by atoms with van der Waals surface area (Å²) in [6.45, 7) is 0. The highest BCUT2D eigenvalue weighted by atomic mass is 32.2. The van der Waals surface area contributed by atoms with Gasteiger partial charge in [-0.15, -0.1) is 0 Å². The normalized spacial score (nSPS) is 11.8. The van der Waals surface area contributed by atoms with Crippen molar-refractivity contribution < 1.29 is 30.8 Å². The lowest BCUT2D eigenvalue weighted by molar-refractivity contribution is 0.0959. The zero-order chi connectivity index (χ0) is 24.9. The number of aromatic nitrogens is 2. The second kappa shape index (κ2) is 8.17. The van der Waals surface area contributed by atoms with Gasteiger partial charge in [0.15, 0.2) is 17.3 Å². The summed E-state index contributed by atoms with van der Waals surface area (Å²) in [6, 6.07) is 9.86. The molecule has 0 aliphatic rings. The quantitative estimate of drug-likeness (QED) is 0.327. The van der Waals surface area contributed by atoms with Gasteiger partial charge < -0.3 is 9.73 Å². The molecule has 5 aromatic rings. The van der Waals surface area contributed by atoms with Crippen LogP contribution < -0.4 is 10.0 Å². The van der Waals surface area contributed by atoms with Gasteiger partial charge in [-0.1, -0.05) is 12.1 Å². The first-order chi connectivity index (χ1) is 16.7. The molecule has 0 atom stereocenters. The average Bonchev–Trinajstić information content (AvgIpc) is 3.49. The molecule has 12 heteroatoms. The topological polar surface area (TPSA) is 117 Å². The highest BCUT2D eigenvalue weighted by molar-refractivity contribution is 7.93. The Morgan fingerprint density at radius 2 is 1.80 bits per heavy atom. The molecule has 0 bridgehead atoms. The lowest BCUT2D eigenvalue weighted by Gasteiger charge is -2.13. The van der Waals surface area contributed by atoms with Crippen LogP contribution in [0.2, 0.25) is 0 Å². The minimum Gasteiger partial charge on any atom is -0.464 e. The number of H-pyrrole nitrogens is 1. The molecule has 0 saturated heterocycles. The van der Waals surface area contributed by atoms with Crippen molar-refractivity contribution in [1.82, 2.24) is 15.5 Å². The number of carbonyl (C=O) groups is 1. The molecule has 0 saturated carbocycles. The number of furan rings is 1. The highest BCUT2D eigenvalue weighted by Gasteiger charge is 2.26. The summed E-state index contributed by atoms with van der Waals surface area (Å²) in [5.41, 5.74) is -1.89. The number of amides is 1. The third-order valence-corrected chi connectivity index (χ3v) is 6.89. The summed E-state index contributed by atoms with van der Waals surface area (Å²) in [5.74, 6) is -4.08. The predicted molar refractivity (Wildman–Crippen MR) is 122 cm³/mol. The Hall–Kier alpha value is -4.32. The molecule has 1 amide bonds. The van der Waals surface area contributed by atoms with E-state index in [0.717, 1.165) is 18.2 Å². The van der Waals surface area contributed by atoms with Crippen LogP contribution in [0.1, 0.15) is 10.5 Å². The number of nitrogens with one attached hydrogen (secondary N) is 3. The van der Waals surface area contributed by atoms with Crippen molar-refractivity contribution in [1.29, 1.82) is 0 Å². The van der Waals surface area contributed by atoms with Crippen LogP contribution in [0, 0.1) is 17.5 Å².